The van der Waals surface area contributed by atoms with Gasteiger partial charge in [0.25, 0.3) is 0 Å². The Morgan fingerprint density at radius 2 is 1.78 bits per heavy atom. The number of halogens is 2. The number of rotatable bonds is 7. The highest BCUT2D eigenvalue weighted by Crippen LogP contribution is 2.15. The number of carbonyl (C=O) groups is 1. The molecule has 0 spiro atoms. The van der Waals surface area contributed by atoms with Gasteiger partial charge in [-0.2, -0.15) is 0 Å². The first kappa shape index (κ1) is 25.9. The summed E-state index contributed by atoms with van der Waals surface area (Å²) in [7, 11) is 0. The third-order valence-corrected chi connectivity index (χ3v) is 5.12. The first-order valence-electron chi connectivity index (χ1n) is 10.6. The van der Waals surface area contributed by atoms with E-state index in [1.54, 1.807) is 12.1 Å². The quantitative estimate of drug-likeness (QED) is 0.182. The van der Waals surface area contributed by atoms with Crippen LogP contribution < -0.4 is 16.0 Å². The lowest BCUT2D eigenvalue weighted by atomic mass is 10.0. The minimum absolute atomic E-state index is 0. The van der Waals surface area contributed by atoms with Gasteiger partial charge in [-0.3, -0.25) is 9.69 Å². The normalized spacial score (nSPS) is 15.0. The van der Waals surface area contributed by atoms with Crippen LogP contribution in [0.4, 0.5) is 10.1 Å². The van der Waals surface area contributed by atoms with Crippen molar-refractivity contribution in [3.8, 4) is 5.75 Å². The van der Waals surface area contributed by atoms with Crippen molar-refractivity contribution in [3.63, 3.8) is 0 Å². The van der Waals surface area contributed by atoms with E-state index >= 15 is 0 Å². The monoisotopic (exact) mass is 555 g/mol. The molecule has 1 aliphatic rings. The first-order chi connectivity index (χ1) is 15.0. The van der Waals surface area contributed by atoms with Crippen LogP contribution in [0, 0.1) is 5.82 Å². The van der Waals surface area contributed by atoms with Crippen molar-refractivity contribution in [2.75, 3.05) is 31.5 Å². The summed E-state index contributed by atoms with van der Waals surface area (Å²) < 4.78 is 13.1. The maximum atomic E-state index is 13.1. The van der Waals surface area contributed by atoms with Crippen LogP contribution in [-0.2, 0) is 11.3 Å². The Morgan fingerprint density at radius 3 is 2.41 bits per heavy atom. The Balaban J connectivity index is 0.00000363. The number of likely N-dealkylation sites (tertiary alicyclic amines) is 1. The molecule has 0 aliphatic carbocycles. The number of hydrogen-bond acceptors (Lipinski definition) is 4. The molecule has 3 rings (SSSR count). The molecule has 9 heteroatoms. The van der Waals surface area contributed by atoms with Crippen molar-refractivity contribution in [3.05, 3.63) is 59.9 Å². The van der Waals surface area contributed by atoms with Crippen LogP contribution in [0.3, 0.4) is 0 Å². The minimum Gasteiger partial charge on any atom is -0.508 e. The van der Waals surface area contributed by atoms with Crippen LogP contribution in [0.25, 0.3) is 0 Å². The number of nitrogens with zero attached hydrogens (tertiary/aromatic N) is 2. The van der Waals surface area contributed by atoms with Gasteiger partial charge in [-0.25, -0.2) is 9.38 Å². The number of amides is 1. The molecule has 0 aromatic heterocycles. The van der Waals surface area contributed by atoms with Crippen molar-refractivity contribution < 1.29 is 14.3 Å². The van der Waals surface area contributed by atoms with E-state index in [1.807, 2.05) is 19.1 Å². The molecule has 32 heavy (non-hydrogen) atoms. The molecule has 1 amide bonds. The summed E-state index contributed by atoms with van der Waals surface area (Å²) >= 11 is 0. The average molecular weight is 555 g/mol. The van der Waals surface area contributed by atoms with Crippen LogP contribution in [0.1, 0.15) is 25.3 Å². The predicted molar refractivity (Wildman–Crippen MR) is 136 cm³/mol. The number of aliphatic imine (C=N–C) groups is 1. The number of guanidine groups is 1. The molecule has 1 heterocycles. The van der Waals surface area contributed by atoms with Crippen LogP contribution in [0.2, 0.25) is 0 Å². The van der Waals surface area contributed by atoms with Gasteiger partial charge in [-0.15, -0.1) is 24.0 Å². The maximum Gasteiger partial charge on any atom is 0.246 e. The van der Waals surface area contributed by atoms with Crippen LogP contribution in [0.5, 0.6) is 5.75 Å². The Kier molecular flexibility index (Phi) is 10.7. The molecule has 174 valence electrons. The summed E-state index contributed by atoms with van der Waals surface area (Å²) in [4.78, 5) is 18.9. The van der Waals surface area contributed by atoms with Crippen molar-refractivity contribution >= 4 is 41.5 Å². The van der Waals surface area contributed by atoms with E-state index in [2.05, 4.69) is 25.8 Å². The summed E-state index contributed by atoms with van der Waals surface area (Å²) in [6.07, 6.45) is 1.93. The van der Waals surface area contributed by atoms with Gasteiger partial charge in [-0.05, 0) is 61.7 Å². The topological polar surface area (TPSA) is 89.0 Å². The van der Waals surface area contributed by atoms with Gasteiger partial charge in [0, 0.05) is 37.9 Å². The van der Waals surface area contributed by atoms with Gasteiger partial charge in [0.2, 0.25) is 5.91 Å². The first-order valence-corrected chi connectivity index (χ1v) is 10.6. The van der Waals surface area contributed by atoms with Gasteiger partial charge < -0.3 is 21.1 Å². The highest BCUT2D eigenvalue weighted by atomic mass is 127. The molecule has 0 radical (unpaired) electrons. The smallest absolute Gasteiger partial charge is 0.246 e. The van der Waals surface area contributed by atoms with Gasteiger partial charge in [0.05, 0.1) is 0 Å². The number of nitrogens with one attached hydrogen (secondary N) is 3. The summed E-state index contributed by atoms with van der Waals surface area (Å²) in [6.45, 7) is 5.39. The van der Waals surface area contributed by atoms with E-state index in [9.17, 15) is 14.3 Å². The standard InChI is InChI=1S/C23H30FN5O2.HI/c1-2-25-23(26-15-22(31)27-19-7-9-21(30)10-8-19)28-20-11-13-29(14-12-20)16-17-3-5-18(24)6-4-17;/h3-10,20,30H,2,11-16H2,1H3,(H,27,31)(H2,25,26,28);1H. The molecule has 0 atom stereocenters. The third kappa shape index (κ3) is 8.62. The zero-order valence-electron chi connectivity index (χ0n) is 18.2. The number of hydrogen-bond donors (Lipinski definition) is 4. The van der Waals surface area contributed by atoms with Crippen molar-refractivity contribution in [1.82, 2.24) is 15.5 Å². The average Bonchev–Trinajstić information content (AvgIpc) is 2.77. The summed E-state index contributed by atoms with van der Waals surface area (Å²) in [5, 5.41) is 18.7. The summed E-state index contributed by atoms with van der Waals surface area (Å²) in [5.74, 6) is 0.342. The Labute approximate surface area is 205 Å². The number of aromatic hydroxyl groups is 1. The molecule has 1 fully saturated rings. The van der Waals surface area contributed by atoms with E-state index in [0.29, 0.717) is 18.2 Å². The molecule has 2 aromatic carbocycles. The second kappa shape index (κ2) is 13.2. The number of anilines is 1. The molecule has 0 bridgehead atoms. The fourth-order valence-corrected chi connectivity index (χ4v) is 3.49. The van der Waals surface area contributed by atoms with Crippen LogP contribution in [-0.4, -0.2) is 54.1 Å². The van der Waals surface area contributed by atoms with Crippen molar-refractivity contribution in [2.45, 2.75) is 32.4 Å². The van der Waals surface area contributed by atoms with Gasteiger partial charge in [-0.1, -0.05) is 12.1 Å². The lowest BCUT2D eigenvalue weighted by Gasteiger charge is -2.33. The third-order valence-electron chi connectivity index (χ3n) is 5.12. The van der Waals surface area contributed by atoms with Gasteiger partial charge >= 0.3 is 0 Å². The van der Waals surface area contributed by atoms with E-state index in [4.69, 9.17) is 0 Å². The predicted octanol–water partition coefficient (Wildman–Crippen LogP) is 3.31. The fourth-order valence-electron chi connectivity index (χ4n) is 3.49. The molecule has 1 aliphatic heterocycles. The lowest BCUT2D eigenvalue weighted by molar-refractivity contribution is -0.114. The maximum absolute atomic E-state index is 13.1. The number of piperidine rings is 1. The molecule has 1 saturated heterocycles. The van der Waals surface area contributed by atoms with Crippen molar-refractivity contribution in [1.29, 1.82) is 0 Å². The molecule has 0 unspecified atom stereocenters. The highest BCUT2D eigenvalue weighted by Gasteiger charge is 2.20. The molecule has 7 nitrogen and oxygen atoms in total. The minimum atomic E-state index is -0.225. The zero-order valence-corrected chi connectivity index (χ0v) is 20.5. The molecule has 2 aromatic rings. The number of phenolic OH excluding ortho intramolecular Hbond substituents is 1. The number of benzene rings is 2. The Bertz CT molecular complexity index is 869. The second-order valence-electron chi connectivity index (χ2n) is 7.61. The molecule has 0 saturated carbocycles. The number of carbonyl (C=O) groups excluding carboxylic acids is 1. The second-order valence-corrected chi connectivity index (χ2v) is 7.61. The SMILES string of the molecule is CCNC(=NCC(=O)Nc1ccc(O)cc1)NC1CCN(Cc2ccc(F)cc2)CC1.I. The fraction of sp³-hybridized carbons (Fsp3) is 0.391. The van der Waals surface area contributed by atoms with Gasteiger partial charge in [0.15, 0.2) is 5.96 Å². The lowest BCUT2D eigenvalue weighted by Crippen LogP contribution is -2.48. The summed E-state index contributed by atoms with van der Waals surface area (Å²) in [5.41, 5.74) is 1.73. The Hall–Kier alpha value is -2.40. The van der Waals surface area contributed by atoms with Crippen molar-refractivity contribution in [2.24, 2.45) is 4.99 Å². The van der Waals surface area contributed by atoms with E-state index < -0.39 is 0 Å². The van der Waals surface area contributed by atoms with Crippen LogP contribution in [0.15, 0.2) is 53.5 Å². The Morgan fingerprint density at radius 1 is 1.12 bits per heavy atom. The highest BCUT2D eigenvalue weighted by molar-refractivity contribution is 14.0. The van der Waals surface area contributed by atoms with E-state index in [-0.39, 0.29) is 54.0 Å². The zero-order chi connectivity index (χ0) is 22.1. The van der Waals surface area contributed by atoms with Crippen LogP contribution >= 0.6 is 24.0 Å². The largest absolute Gasteiger partial charge is 0.508 e. The molecular weight excluding hydrogens is 524 g/mol. The van der Waals surface area contributed by atoms with Gasteiger partial charge in [0.1, 0.15) is 18.1 Å². The summed E-state index contributed by atoms with van der Waals surface area (Å²) in [6, 6.07) is 13.3. The number of phenols is 1. The molecule has 4 N–H and O–H groups in total. The van der Waals surface area contributed by atoms with E-state index in [0.717, 1.165) is 38.0 Å². The molecular formula is C23H31FIN5O2. The van der Waals surface area contributed by atoms with E-state index in [1.165, 1.54) is 24.3 Å².